The molecule has 3 aromatic rings. The maximum absolute atomic E-state index is 12.6. The molecule has 36 heavy (non-hydrogen) atoms. The Labute approximate surface area is 210 Å². The van der Waals surface area contributed by atoms with E-state index in [0.717, 1.165) is 45.7 Å². The number of ether oxygens (including phenoxy) is 1. The van der Waals surface area contributed by atoms with Crippen LogP contribution in [0.1, 0.15) is 85.0 Å². The van der Waals surface area contributed by atoms with Crippen molar-refractivity contribution in [2.45, 2.75) is 65.2 Å². The highest BCUT2D eigenvalue weighted by Crippen LogP contribution is 2.37. The van der Waals surface area contributed by atoms with Gasteiger partial charge in [-0.05, 0) is 44.2 Å². The largest absolute Gasteiger partial charge is 0.493 e. The molecule has 0 spiro atoms. The van der Waals surface area contributed by atoms with E-state index in [-0.39, 0.29) is 22.4 Å². The molecule has 5 rings (SSSR count). The van der Waals surface area contributed by atoms with Gasteiger partial charge in [0.05, 0.1) is 23.8 Å². The molecule has 2 aliphatic heterocycles. The Kier molecular flexibility index (Phi) is 5.43. The van der Waals surface area contributed by atoms with Crippen LogP contribution in [0.25, 0.3) is 22.1 Å². The number of rotatable bonds is 3. The second-order valence-corrected chi connectivity index (χ2v) is 11.2. The average molecular weight is 485 g/mol. The van der Waals surface area contributed by atoms with Gasteiger partial charge in [0.15, 0.2) is 17.3 Å². The number of fused-ring (bicyclic) bond motifs is 8. The Hall–Kier alpha value is -3.74. The van der Waals surface area contributed by atoms with Crippen molar-refractivity contribution in [2.75, 3.05) is 7.11 Å². The molecule has 2 N–H and O–H groups in total. The monoisotopic (exact) mass is 484 g/mol. The fourth-order valence-corrected chi connectivity index (χ4v) is 5.21. The van der Waals surface area contributed by atoms with Crippen LogP contribution in [-0.2, 0) is 23.7 Å². The molecule has 5 heterocycles. The molecule has 186 valence electrons. The number of H-pyrrole nitrogens is 2. The summed E-state index contributed by atoms with van der Waals surface area (Å²) in [5.41, 5.74) is 7.14. The third-order valence-corrected chi connectivity index (χ3v) is 7.19. The zero-order valence-corrected chi connectivity index (χ0v) is 21.9. The highest BCUT2D eigenvalue weighted by atomic mass is 16.5. The molecule has 7 nitrogen and oxygen atoms in total. The van der Waals surface area contributed by atoms with Crippen molar-refractivity contribution in [1.29, 1.82) is 0 Å². The van der Waals surface area contributed by atoms with Crippen molar-refractivity contribution in [3.63, 3.8) is 0 Å². The molecule has 0 saturated carbocycles. The number of hydrogen-bond acceptors (Lipinski definition) is 5. The van der Waals surface area contributed by atoms with E-state index in [0.29, 0.717) is 28.8 Å². The second kappa shape index (κ2) is 8.15. The van der Waals surface area contributed by atoms with E-state index < -0.39 is 0 Å². The van der Waals surface area contributed by atoms with Crippen LogP contribution in [0.2, 0.25) is 0 Å². The summed E-state index contributed by atoms with van der Waals surface area (Å²) in [7, 11) is 1.61. The van der Waals surface area contributed by atoms with Crippen LogP contribution in [0.15, 0.2) is 30.3 Å². The Bertz CT molecular complexity index is 1590. The van der Waals surface area contributed by atoms with Gasteiger partial charge in [0.2, 0.25) is 0 Å². The first-order chi connectivity index (χ1) is 16.9. The van der Waals surface area contributed by atoms with Crippen molar-refractivity contribution in [3.8, 4) is 5.75 Å². The molecule has 0 aliphatic carbocycles. The van der Waals surface area contributed by atoms with Crippen LogP contribution >= 0.6 is 0 Å². The van der Waals surface area contributed by atoms with E-state index in [1.807, 2.05) is 30.3 Å². The molecule has 8 bridgehead atoms. The van der Waals surface area contributed by atoms with E-state index in [1.54, 1.807) is 21.0 Å². The molecule has 0 fully saturated rings. The average Bonchev–Trinajstić information content (AvgIpc) is 3.49. The van der Waals surface area contributed by atoms with Gasteiger partial charge in [0.1, 0.15) is 0 Å². The van der Waals surface area contributed by atoms with Crippen molar-refractivity contribution in [3.05, 3.63) is 64.2 Å². The smallest absolute Gasteiger partial charge is 0.164 e. The fourth-order valence-electron chi connectivity index (χ4n) is 5.21. The summed E-state index contributed by atoms with van der Waals surface area (Å²) >= 11 is 0. The number of methoxy groups -OCH3 is 1. The van der Waals surface area contributed by atoms with Gasteiger partial charge >= 0.3 is 0 Å². The first-order valence-corrected chi connectivity index (χ1v) is 12.2. The zero-order valence-electron chi connectivity index (χ0n) is 21.9. The number of Topliss-reactive ketones (excluding diaryl/α,β-unsaturated/α-hetero) is 2. The number of nitrogens with one attached hydrogen (secondary N) is 2. The molecule has 0 atom stereocenters. The van der Waals surface area contributed by atoms with Gasteiger partial charge in [-0.1, -0.05) is 27.7 Å². The first-order valence-electron chi connectivity index (χ1n) is 12.2. The highest BCUT2D eigenvalue weighted by Gasteiger charge is 2.32. The molecule has 7 heteroatoms. The quantitative estimate of drug-likeness (QED) is 0.460. The lowest BCUT2D eigenvalue weighted by atomic mass is 9.86. The summed E-state index contributed by atoms with van der Waals surface area (Å²) in [6.45, 7) is 11.7. The van der Waals surface area contributed by atoms with Crippen LogP contribution in [0.5, 0.6) is 5.75 Å². The van der Waals surface area contributed by atoms with Crippen LogP contribution in [0.4, 0.5) is 0 Å². The van der Waals surface area contributed by atoms with Crippen LogP contribution in [-0.4, -0.2) is 38.6 Å². The summed E-state index contributed by atoms with van der Waals surface area (Å²) < 4.78 is 5.86. The third-order valence-electron chi connectivity index (χ3n) is 7.19. The molecule has 3 aromatic heterocycles. The zero-order chi connectivity index (χ0) is 26.0. The summed E-state index contributed by atoms with van der Waals surface area (Å²) in [5, 5.41) is 0. The molecule has 0 saturated heterocycles. The van der Waals surface area contributed by atoms with E-state index in [2.05, 4.69) is 37.7 Å². The van der Waals surface area contributed by atoms with Crippen LogP contribution < -0.4 is 4.74 Å². The number of nitrogens with zero attached hydrogens (tertiary/aromatic N) is 2. The van der Waals surface area contributed by atoms with Crippen molar-refractivity contribution < 1.29 is 14.3 Å². The van der Waals surface area contributed by atoms with Crippen molar-refractivity contribution in [1.82, 2.24) is 19.9 Å². The number of aromatic amines is 2. The lowest BCUT2D eigenvalue weighted by Crippen LogP contribution is -2.15. The van der Waals surface area contributed by atoms with Crippen molar-refractivity contribution in [2.24, 2.45) is 0 Å². The standard InChI is InChI=1S/C29H32N4O3/c1-15(34)20-8-17-11-25-29(5,6)14-23(33-25)27(36-7)26-21(16(2)35)9-18(32-26)12-24-28(3,4)13-19(31-24)10-22(20)30-17/h8-12,30,32H,13-14H2,1-7H3. The van der Waals surface area contributed by atoms with Crippen LogP contribution in [0.3, 0.4) is 0 Å². The predicted octanol–water partition coefficient (Wildman–Crippen LogP) is 5.77. The maximum Gasteiger partial charge on any atom is 0.164 e. The normalized spacial score (nSPS) is 16.1. The minimum atomic E-state index is -0.264. The van der Waals surface area contributed by atoms with Crippen molar-refractivity contribution >= 4 is 33.6 Å². The van der Waals surface area contributed by atoms with Gasteiger partial charge < -0.3 is 14.7 Å². The predicted molar refractivity (Wildman–Crippen MR) is 141 cm³/mol. The lowest BCUT2D eigenvalue weighted by molar-refractivity contribution is 0.101. The summed E-state index contributed by atoms with van der Waals surface area (Å²) in [6, 6.07) is 9.70. The number of hydrogen-bond donors (Lipinski definition) is 2. The van der Waals surface area contributed by atoms with E-state index in [4.69, 9.17) is 14.7 Å². The number of carbonyl (C=O) groups excluding carboxylic acids is 2. The topological polar surface area (TPSA) is 101 Å². The molecule has 0 unspecified atom stereocenters. The second-order valence-electron chi connectivity index (χ2n) is 11.2. The summed E-state index contributed by atoms with van der Waals surface area (Å²) in [5.74, 6) is 0.507. The number of aromatic nitrogens is 4. The van der Waals surface area contributed by atoms with E-state index in [1.165, 1.54) is 0 Å². The molecular formula is C29H32N4O3. The highest BCUT2D eigenvalue weighted by molar-refractivity contribution is 6.04. The van der Waals surface area contributed by atoms with Gasteiger partial charge in [0.25, 0.3) is 0 Å². The molecular weight excluding hydrogens is 452 g/mol. The summed E-state index contributed by atoms with van der Waals surface area (Å²) in [4.78, 5) is 41.8. The summed E-state index contributed by atoms with van der Waals surface area (Å²) in [6.07, 6.45) is 1.38. The third kappa shape index (κ3) is 4.02. The number of carbonyl (C=O) groups is 2. The SMILES string of the molecule is COc1c2nc(cc3cc(C(C)=O)c(cc4nc(cc5cc(C(C)=O)c1[nH]5)C(C)(C)C4)[nH]3)C(C)(C)C2. The maximum atomic E-state index is 12.6. The van der Waals surface area contributed by atoms with Gasteiger partial charge in [-0.15, -0.1) is 0 Å². The Morgan fingerprint density at radius 2 is 1.39 bits per heavy atom. The Morgan fingerprint density at radius 1 is 0.806 bits per heavy atom. The van der Waals surface area contributed by atoms with E-state index >= 15 is 0 Å². The molecule has 0 radical (unpaired) electrons. The van der Waals surface area contributed by atoms with Gasteiger partial charge in [-0.2, -0.15) is 0 Å². The fraction of sp³-hybridized carbons (Fsp3) is 0.379. The Morgan fingerprint density at radius 3 is 2.03 bits per heavy atom. The van der Waals surface area contributed by atoms with Gasteiger partial charge in [-0.3, -0.25) is 19.6 Å². The lowest BCUT2D eigenvalue weighted by Gasteiger charge is -2.16. The minimum absolute atomic E-state index is 0.00562. The molecule has 0 amide bonds. The Balaban J connectivity index is 1.98. The van der Waals surface area contributed by atoms with Gasteiger partial charge in [0, 0.05) is 62.9 Å². The molecule has 0 aromatic carbocycles. The van der Waals surface area contributed by atoms with E-state index in [9.17, 15) is 9.59 Å². The number of ketones is 2. The first kappa shape index (κ1) is 24.0. The molecule has 2 aliphatic rings. The van der Waals surface area contributed by atoms with Gasteiger partial charge in [-0.25, -0.2) is 0 Å². The van der Waals surface area contributed by atoms with Crippen LogP contribution in [0, 0.1) is 0 Å². The minimum Gasteiger partial charge on any atom is -0.493 e.